The predicted octanol–water partition coefficient (Wildman–Crippen LogP) is 5.29. The van der Waals surface area contributed by atoms with Gasteiger partial charge in [-0.15, -0.1) is 0 Å². The van der Waals surface area contributed by atoms with Crippen LogP contribution in [0.15, 0.2) is 30.3 Å². The molecule has 174 valence electrons. The number of anilines is 1. The second kappa shape index (κ2) is 8.07. The predicted molar refractivity (Wildman–Crippen MR) is 127 cm³/mol. The summed E-state index contributed by atoms with van der Waals surface area (Å²) in [5.74, 6) is 3.16. The van der Waals surface area contributed by atoms with E-state index in [1.165, 1.54) is 32.1 Å². The van der Waals surface area contributed by atoms with Crippen LogP contribution < -0.4 is 10.6 Å². The fourth-order valence-corrected chi connectivity index (χ4v) is 8.51. The minimum absolute atomic E-state index is 0.0973. The summed E-state index contributed by atoms with van der Waals surface area (Å²) in [7, 11) is 2.04. The summed E-state index contributed by atoms with van der Waals surface area (Å²) in [6.45, 7) is 5.76. The number of rotatable bonds is 3. The molecule has 4 fully saturated rings. The zero-order valence-corrected chi connectivity index (χ0v) is 19.9. The van der Waals surface area contributed by atoms with E-state index < -0.39 is 0 Å². The van der Waals surface area contributed by atoms with Crippen molar-refractivity contribution in [3.8, 4) is 0 Å². The van der Waals surface area contributed by atoms with Gasteiger partial charge in [-0.2, -0.15) is 0 Å². The number of para-hydroxylation sites is 1. The number of likely N-dealkylation sites (tertiary alicyclic amines) is 1. The molecule has 1 aromatic carbocycles. The Hall–Kier alpha value is -2.04. The second-order valence-corrected chi connectivity index (χ2v) is 11.5. The van der Waals surface area contributed by atoms with Crippen molar-refractivity contribution < 1.29 is 9.59 Å². The number of nitrogens with one attached hydrogen (secondary N) is 2. The Bertz CT molecular complexity index is 873. The molecule has 4 aliphatic rings. The first kappa shape index (κ1) is 21.8. The third kappa shape index (κ3) is 3.43. The van der Waals surface area contributed by atoms with E-state index in [0.29, 0.717) is 23.3 Å². The molecule has 32 heavy (non-hydrogen) atoms. The van der Waals surface area contributed by atoms with Gasteiger partial charge in [0.15, 0.2) is 0 Å². The highest BCUT2D eigenvalue weighted by atomic mass is 16.2. The van der Waals surface area contributed by atoms with Gasteiger partial charge < -0.3 is 15.5 Å². The zero-order valence-electron chi connectivity index (χ0n) is 19.9. The highest BCUT2D eigenvalue weighted by molar-refractivity contribution is 5.89. The van der Waals surface area contributed by atoms with Gasteiger partial charge in [0, 0.05) is 31.7 Å². The number of amides is 3. The van der Waals surface area contributed by atoms with E-state index in [0.717, 1.165) is 49.2 Å². The van der Waals surface area contributed by atoms with Crippen molar-refractivity contribution >= 4 is 17.6 Å². The summed E-state index contributed by atoms with van der Waals surface area (Å²) >= 11 is 0. The Labute approximate surface area is 192 Å². The Balaban J connectivity index is 1.25. The van der Waals surface area contributed by atoms with Crippen LogP contribution in [0.5, 0.6) is 0 Å². The number of benzene rings is 1. The van der Waals surface area contributed by atoms with Crippen molar-refractivity contribution in [2.75, 3.05) is 18.9 Å². The lowest BCUT2D eigenvalue weighted by Gasteiger charge is -2.61. The van der Waals surface area contributed by atoms with Crippen molar-refractivity contribution in [1.29, 1.82) is 0 Å². The summed E-state index contributed by atoms with van der Waals surface area (Å²) in [4.78, 5) is 26.9. The van der Waals surface area contributed by atoms with Crippen LogP contribution in [0.2, 0.25) is 0 Å². The number of hydrogen-bond acceptors (Lipinski definition) is 2. The monoisotopic (exact) mass is 437 g/mol. The standard InChI is InChI=1S/C27H39N3O2/c1-26-15-13-22-20(10-12-23-27(22,2)16-14-24(31)30(23)3)21(26)11-9-18(26)17-28-25(32)29-19-7-5-4-6-8-19/h4-8,18,20-23H,9-17H2,1-3H3,(H2,28,29,32)/t18?,20-,21-,22+,23?,26+,27+/m0/s1. The first-order chi connectivity index (χ1) is 15.3. The summed E-state index contributed by atoms with van der Waals surface area (Å²) < 4.78 is 0. The maximum atomic E-state index is 12.5. The summed E-state index contributed by atoms with van der Waals surface area (Å²) in [5, 5.41) is 6.13. The molecule has 0 radical (unpaired) electrons. The molecule has 5 heteroatoms. The molecule has 1 aliphatic heterocycles. The molecule has 1 aromatic rings. The largest absolute Gasteiger partial charge is 0.342 e. The Morgan fingerprint density at radius 1 is 1.00 bits per heavy atom. The number of hydrogen-bond donors (Lipinski definition) is 2. The van der Waals surface area contributed by atoms with Crippen molar-refractivity contribution in [3.05, 3.63) is 30.3 Å². The molecule has 2 N–H and O–H groups in total. The van der Waals surface area contributed by atoms with E-state index in [2.05, 4.69) is 29.4 Å². The SMILES string of the molecule is CN1C(=O)CC[C@@]2(C)C1CC[C@@H]1[C@H]2CC[C@]2(C)C(CNC(=O)Nc3ccccc3)CC[C@@H]12. The van der Waals surface area contributed by atoms with Gasteiger partial charge in [-0.05, 0) is 91.6 Å². The summed E-state index contributed by atoms with van der Waals surface area (Å²) in [6.07, 6.45) is 9.25. The third-order valence-electron chi connectivity index (χ3n) is 10.3. The van der Waals surface area contributed by atoms with Crippen LogP contribution in [-0.2, 0) is 4.79 Å². The van der Waals surface area contributed by atoms with E-state index in [1.807, 2.05) is 37.4 Å². The maximum absolute atomic E-state index is 12.5. The average Bonchev–Trinajstić information content (AvgIpc) is 3.12. The lowest BCUT2D eigenvalue weighted by Crippen LogP contribution is -2.61. The number of urea groups is 1. The van der Waals surface area contributed by atoms with Gasteiger partial charge in [-0.25, -0.2) is 4.79 Å². The normalized spacial score (nSPS) is 40.8. The molecule has 3 aliphatic carbocycles. The molecule has 1 heterocycles. The van der Waals surface area contributed by atoms with E-state index in [-0.39, 0.29) is 11.4 Å². The molecule has 0 spiro atoms. The van der Waals surface area contributed by atoms with Crippen LogP contribution in [0, 0.1) is 34.5 Å². The first-order valence-corrected chi connectivity index (χ1v) is 12.7. The molecule has 7 atom stereocenters. The lowest BCUT2D eigenvalue weighted by atomic mass is 9.47. The van der Waals surface area contributed by atoms with Gasteiger partial charge in [-0.3, -0.25) is 4.79 Å². The van der Waals surface area contributed by atoms with Gasteiger partial charge in [0.2, 0.25) is 5.91 Å². The van der Waals surface area contributed by atoms with E-state index >= 15 is 0 Å². The second-order valence-electron chi connectivity index (χ2n) is 11.5. The number of fused-ring (bicyclic) bond motifs is 5. The van der Waals surface area contributed by atoms with Crippen LogP contribution in [0.25, 0.3) is 0 Å². The van der Waals surface area contributed by atoms with Crippen LogP contribution in [-0.4, -0.2) is 36.5 Å². The molecule has 0 bridgehead atoms. The molecule has 0 aromatic heterocycles. The van der Waals surface area contributed by atoms with Gasteiger partial charge >= 0.3 is 6.03 Å². The van der Waals surface area contributed by atoms with Gasteiger partial charge in [-0.1, -0.05) is 32.0 Å². The summed E-state index contributed by atoms with van der Waals surface area (Å²) in [5.41, 5.74) is 1.43. The van der Waals surface area contributed by atoms with Crippen LogP contribution in [0.3, 0.4) is 0 Å². The molecule has 5 nitrogen and oxygen atoms in total. The fourth-order valence-electron chi connectivity index (χ4n) is 8.51. The zero-order chi connectivity index (χ0) is 22.5. The molecule has 3 saturated carbocycles. The van der Waals surface area contributed by atoms with Crippen LogP contribution in [0.1, 0.15) is 65.2 Å². The molecular formula is C27H39N3O2. The lowest BCUT2D eigenvalue weighted by molar-refractivity contribution is -0.158. The topological polar surface area (TPSA) is 61.4 Å². The minimum atomic E-state index is -0.0973. The van der Waals surface area contributed by atoms with Gasteiger partial charge in [0.05, 0.1) is 0 Å². The number of piperidine rings is 1. The molecule has 5 rings (SSSR count). The average molecular weight is 438 g/mol. The highest BCUT2D eigenvalue weighted by Crippen LogP contribution is 2.66. The Morgan fingerprint density at radius 3 is 2.53 bits per heavy atom. The van der Waals surface area contributed by atoms with Crippen molar-refractivity contribution in [2.45, 2.75) is 71.3 Å². The minimum Gasteiger partial charge on any atom is -0.342 e. The number of nitrogens with zero attached hydrogens (tertiary/aromatic N) is 1. The number of carbonyl (C=O) groups is 2. The summed E-state index contributed by atoms with van der Waals surface area (Å²) in [6, 6.07) is 9.99. The van der Waals surface area contributed by atoms with E-state index in [4.69, 9.17) is 0 Å². The smallest absolute Gasteiger partial charge is 0.319 e. The quantitative estimate of drug-likeness (QED) is 0.675. The van der Waals surface area contributed by atoms with Crippen molar-refractivity contribution in [3.63, 3.8) is 0 Å². The van der Waals surface area contributed by atoms with Crippen molar-refractivity contribution in [2.24, 2.45) is 34.5 Å². The number of carbonyl (C=O) groups excluding carboxylic acids is 2. The fraction of sp³-hybridized carbons (Fsp3) is 0.704. The maximum Gasteiger partial charge on any atom is 0.319 e. The molecule has 2 unspecified atom stereocenters. The molecular weight excluding hydrogens is 398 g/mol. The highest BCUT2D eigenvalue weighted by Gasteiger charge is 2.60. The Morgan fingerprint density at radius 2 is 1.75 bits per heavy atom. The first-order valence-electron chi connectivity index (χ1n) is 12.7. The Kier molecular flexibility index (Phi) is 5.50. The van der Waals surface area contributed by atoms with Gasteiger partial charge in [0.25, 0.3) is 0 Å². The van der Waals surface area contributed by atoms with E-state index in [9.17, 15) is 9.59 Å². The van der Waals surface area contributed by atoms with Gasteiger partial charge in [0.1, 0.15) is 0 Å². The van der Waals surface area contributed by atoms with Crippen molar-refractivity contribution in [1.82, 2.24) is 10.2 Å². The third-order valence-corrected chi connectivity index (χ3v) is 10.3. The van der Waals surface area contributed by atoms with Crippen LogP contribution in [0.4, 0.5) is 10.5 Å². The molecule has 1 saturated heterocycles. The molecule has 3 amide bonds. The van der Waals surface area contributed by atoms with Crippen LogP contribution >= 0.6 is 0 Å². The van der Waals surface area contributed by atoms with E-state index in [1.54, 1.807) is 0 Å².